The average Bonchev–Trinajstić information content (AvgIpc) is 2.99. The highest BCUT2D eigenvalue weighted by molar-refractivity contribution is 7.15. The SMILES string of the molecule is CCC(NC(=O)Cc1cc(F)cc(F)c1)C(=O)Nc1nc2c(s1)CC(C)CC2. The molecule has 1 aliphatic rings. The van der Waals surface area contributed by atoms with Gasteiger partial charge >= 0.3 is 0 Å². The van der Waals surface area contributed by atoms with Crippen molar-refractivity contribution < 1.29 is 18.4 Å². The molecule has 2 unspecified atom stereocenters. The van der Waals surface area contributed by atoms with Crippen LogP contribution in [0, 0.1) is 17.6 Å². The van der Waals surface area contributed by atoms with Gasteiger partial charge in [0.05, 0.1) is 12.1 Å². The lowest BCUT2D eigenvalue weighted by Gasteiger charge is -2.16. The topological polar surface area (TPSA) is 71.1 Å². The molecule has 0 aliphatic heterocycles. The molecular weight excluding hydrogens is 384 g/mol. The summed E-state index contributed by atoms with van der Waals surface area (Å²) in [5.74, 6) is -1.68. The van der Waals surface area contributed by atoms with Crippen LogP contribution in [-0.2, 0) is 28.9 Å². The second kappa shape index (κ2) is 8.77. The fourth-order valence-corrected chi connectivity index (χ4v) is 4.46. The van der Waals surface area contributed by atoms with Crippen molar-refractivity contribution in [2.75, 3.05) is 5.32 Å². The number of carbonyl (C=O) groups excluding carboxylic acids is 2. The molecular formula is C20H23F2N3O2S. The first-order valence-electron chi connectivity index (χ1n) is 9.37. The minimum atomic E-state index is -0.745. The number of fused-ring (bicyclic) bond motifs is 1. The molecule has 3 rings (SSSR count). The zero-order chi connectivity index (χ0) is 20.3. The van der Waals surface area contributed by atoms with E-state index in [1.165, 1.54) is 16.2 Å². The monoisotopic (exact) mass is 407 g/mol. The summed E-state index contributed by atoms with van der Waals surface area (Å²) in [6.45, 7) is 3.98. The van der Waals surface area contributed by atoms with Gasteiger partial charge in [-0.2, -0.15) is 0 Å². The maximum atomic E-state index is 13.3. The van der Waals surface area contributed by atoms with E-state index < -0.39 is 23.6 Å². The molecule has 1 heterocycles. The number of carbonyl (C=O) groups is 2. The van der Waals surface area contributed by atoms with Gasteiger partial charge in [-0.3, -0.25) is 9.59 Å². The maximum Gasteiger partial charge on any atom is 0.248 e. The van der Waals surface area contributed by atoms with Crippen molar-refractivity contribution in [1.82, 2.24) is 10.3 Å². The Morgan fingerprint density at radius 2 is 2.00 bits per heavy atom. The predicted octanol–water partition coefficient (Wildman–Crippen LogP) is 3.62. The average molecular weight is 407 g/mol. The molecule has 1 aliphatic carbocycles. The van der Waals surface area contributed by atoms with Crippen LogP contribution in [0.15, 0.2) is 18.2 Å². The van der Waals surface area contributed by atoms with E-state index in [1.807, 2.05) is 0 Å². The van der Waals surface area contributed by atoms with Gasteiger partial charge in [-0.25, -0.2) is 13.8 Å². The second-order valence-electron chi connectivity index (χ2n) is 7.21. The Hall–Kier alpha value is -2.35. The van der Waals surface area contributed by atoms with Gasteiger partial charge < -0.3 is 10.6 Å². The second-order valence-corrected chi connectivity index (χ2v) is 8.29. The Labute approximate surface area is 166 Å². The largest absolute Gasteiger partial charge is 0.344 e. The number of nitrogens with zero attached hydrogens (tertiary/aromatic N) is 1. The number of hydrogen-bond acceptors (Lipinski definition) is 4. The summed E-state index contributed by atoms with van der Waals surface area (Å²) in [4.78, 5) is 30.5. The third-order valence-corrected chi connectivity index (χ3v) is 5.80. The van der Waals surface area contributed by atoms with Crippen LogP contribution in [0.1, 0.15) is 42.8 Å². The van der Waals surface area contributed by atoms with Crippen molar-refractivity contribution in [3.05, 3.63) is 46.0 Å². The van der Waals surface area contributed by atoms with Crippen LogP contribution < -0.4 is 10.6 Å². The molecule has 1 aromatic heterocycles. The zero-order valence-corrected chi connectivity index (χ0v) is 16.7. The van der Waals surface area contributed by atoms with Crippen LogP contribution in [0.5, 0.6) is 0 Å². The van der Waals surface area contributed by atoms with E-state index in [0.29, 0.717) is 17.5 Å². The highest BCUT2D eigenvalue weighted by atomic mass is 32.1. The lowest BCUT2D eigenvalue weighted by Crippen LogP contribution is -2.44. The first-order valence-corrected chi connectivity index (χ1v) is 10.2. The van der Waals surface area contributed by atoms with Gasteiger partial charge in [0.2, 0.25) is 11.8 Å². The number of rotatable bonds is 6. The number of aromatic nitrogens is 1. The van der Waals surface area contributed by atoms with Gasteiger partial charge in [-0.05, 0) is 49.3 Å². The Bertz CT molecular complexity index is 864. The fraction of sp³-hybridized carbons (Fsp3) is 0.450. The Morgan fingerprint density at radius 3 is 2.68 bits per heavy atom. The number of thiazole rings is 1. The molecule has 0 spiro atoms. The zero-order valence-electron chi connectivity index (χ0n) is 15.9. The highest BCUT2D eigenvalue weighted by Gasteiger charge is 2.23. The van der Waals surface area contributed by atoms with E-state index in [1.54, 1.807) is 6.92 Å². The smallest absolute Gasteiger partial charge is 0.248 e. The van der Waals surface area contributed by atoms with E-state index in [4.69, 9.17) is 0 Å². The third-order valence-electron chi connectivity index (χ3n) is 4.76. The van der Waals surface area contributed by atoms with Gasteiger partial charge in [0.1, 0.15) is 17.7 Å². The molecule has 2 N–H and O–H groups in total. The number of nitrogens with one attached hydrogen (secondary N) is 2. The molecule has 8 heteroatoms. The summed E-state index contributed by atoms with van der Waals surface area (Å²) in [5, 5.41) is 5.96. The molecule has 2 amide bonds. The number of halogens is 2. The molecule has 0 saturated heterocycles. The number of benzene rings is 1. The normalized spacial score (nSPS) is 16.9. The van der Waals surface area contributed by atoms with E-state index in [-0.39, 0.29) is 17.9 Å². The van der Waals surface area contributed by atoms with Crippen LogP contribution in [0.3, 0.4) is 0 Å². The van der Waals surface area contributed by atoms with E-state index in [0.717, 1.165) is 43.2 Å². The summed E-state index contributed by atoms with van der Waals surface area (Å²) >= 11 is 1.48. The molecule has 0 fully saturated rings. The third kappa shape index (κ3) is 5.13. The summed E-state index contributed by atoms with van der Waals surface area (Å²) in [7, 11) is 0. The number of hydrogen-bond donors (Lipinski definition) is 2. The molecule has 28 heavy (non-hydrogen) atoms. The Balaban J connectivity index is 1.59. The first kappa shape index (κ1) is 20.4. The molecule has 1 aromatic carbocycles. The van der Waals surface area contributed by atoms with Crippen LogP contribution in [0.4, 0.5) is 13.9 Å². The van der Waals surface area contributed by atoms with Crippen molar-refractivity contribution in [2.24, 2.45) is 5.92 Å². The summed E-state index contributed by atoms with van der Waals surface area (Å²) in [6, 6.07) is 2.21. The first-order chi connectivity index (χ1) is 13.3. The standard InChI is InChI=1S/C20H23F2N3O2S/c1-3-15(23-18(26)9-12-7-13(21)10-14(22)8-12)19(27)25-20-24-16-5-4-11(2)6-17(16)28-20/h7-8,10-11,15H,3-6,9H2,1-2H3,(H,23,26)(H,24,25,27). The van der Waals surface area contributed by atoms with Crippen LogP contribution >= 0.6 is 11.3 Å². The lowest BCUT2D eigenvalue weighted by atomic mass is 9.93. The minimum absolute atomic E-state index is 0.206. The quantitative estimate of drug-likeness (QED) is 0.768. The van der Waals surface area contributed by atoms with E-state index >= 15 is 0 Å². The van der Waals surface area contributed by atoms with Crippen molar-refractivity contribution >= 4 is 28.3 Å². The van der Waals surface area contributed by atoms with E-state index in [9.17, 15) is 18.4 Å². The van der Waals surface area contributed by atoms with Crippen LogP contribution in [0.25, 0.3) is 0 Å². The van der Waals surface area contributed by atoms with Crippen molar-refractivity contribution in [1.29, 1.82) is 0 Å². The molecule has 5 nitrogen and oxygen atoms in total. The number of aryl methyl sites for hydroxylation is 1. The number of amides is 2. The van der Waals surface area contributed by atoms with Gasteiger partial charge in [-0.1, -0.05) is 13.8 Å². The summed E-state index contributed by atoms with van der Waals surface area (Å²) < 4.78 is 26.5. The van der Waals surface area contributed by atoms with Gasteiger partial charge in [0.25, 0.3) is 0 Å². The Kier molecular flexibility index (Phi) is 6.39. The lowest BCUT2D eigenvalue weighted by molar-refractivity contribution is -0.126. The fourth-order valence-electron chi connectivity index (χ4n) is 3.28. The van der Waals surface area contributed by atoms with Crippen molar-refractivity contribution in [3.63, 3.8) is 0 Å². The molecule has 0 saturated carbocycles. The Morgan fingerprint density at radius 1 is 1.29 bits per heavy atom. The maximum absolute atomic E-state index is 13.3. The van der Waals surface area contributed by atoms with Crippen molar-refractivity contribution in [3.8, 4) is 0 Å². The summed E-state index contributed by atoms with van der Waals surface area (Å²) in [6.07, 6.45) is 3.17. The highest BCUT2D eigenvalue weighted by Crippen LogP contribution is 2.32. The van der Waals surface area contributed by atoms with Crippen LogP contribution in [-0.4, -0.2) is 22.8 Å². The number of anilines is 1. The van der Waals surface area contributed by atoms with Crippen molar-refractivity contribution in [2.45, 2.75) is 52.0 Å². The van der Waals surface area contributed by atoms with Gasteiger partial charge in [0.15, 0.2) is 5.13 Å². The summed E-state index contributed by atoms with van der Waals surface area (Å²) in [5.41, 5.74) is 1.26. The molecule has 2 aromatic rings. The molecule has 150 valence electrons. The molecule has 0 radical (unpaired) electrons. The molecule has 0 bridgehead atoms. The predicted molar refractivity (Wildman–Crippen MR) is 104 cm³/mol. The minimum Gasteiger partial charge on any atom is -0.344 e. The van der Waals surface area contributed by atoms with Gasteiger partial charge in [0, 0.05) is 10.9 Å². The van der Waals surface area contributed by atoms with Crippen LogP contribution in [0.2, 0.25) is 0 Å². The van der Waals surface area contributed by atoms with E-state index in [2.05, 4.69) is 22.5 Å². The van der Waals surface area contributed by atoms with Gasteiger partial charge in [-0.15, -0.1) is 11.3 Å². The molecule has 2 atom stereocenters.